The second-order valence-electron chi connectivity index (χ2n) is 6.46. The molecule has 0 aliphatic heterocycles. The maximum atomic E-state index is 13.9. The quantitative estimate of drug-likeness (QED) is 0.725. The van der Waals surface area contributed by atoms with E-state index in [-0.39, 0.29) is 23.9 Å². The van der Waals surface area contributed by atoms with Gasteiger partial charge in [-0.2, -0.15) is 0 Å². The fraction of sp³-hybridized carbons (Fsp3) is 0.588. The van der Waals surface area contributed by atoms with Gasteiger partial charge >= 0.3 is 6.03 Å². The summed E-state index contributed by atoms with van der Waals surface area (Å²) in [6, 6.07) is 6.50. The lowest BCUT2D eigenvalue weighted by Gasteiger charge is -2.29. The predicted octanol–water partition coefficient (Wildman–Crippen LogP) is 2.71. The van der Waals surface area contributed by atoms with Gasteiger partial charge in [-0.15, -0.1) is 0 Å². The molecule has 22 heavy (non-hydrogen) atoms. The molecule has 0 radical (unpaired) electrons. The number of carbonyl (C=O) groups excluding carboxylic acids is 1. The first kappa shape index (κ1) is 16.7. The number of amides is 2. The molecule has 1 saturated carbocycles. The smallest absolute Gasteiger partial charge is 0.315 e. The summed E-state index contributed by atoms with van der Waals surface area (Å²) in [6.07, 6.45) is 3.01. The maximum Gasteiger partial charge on any atom is 0.315 e. The Balaban J connectivity index is 1.93. The summed E-state index contributed by atoms with van der Waals surface area (Å²) in [4.78, 5) is 12.1. The molecule has 4 nitrogen and oxygen atoms in total. The number of hydrogen-bond acceptors (Lipinski definition) is 2. The molecular weight excluding hydrogens is 283 g/mol. The molecule has 5 heteroatoms. The lowest BCUT2D eigenvalue weighted by molar-refractivity contribution is 0.200. The Hall–Kier alpha value is -1.62. The Kier molecular flexibility index (Phi) is 5.06. The van der Waals surface area contributed by atoms with Crippen LogP contribution in [0.1, 0.15) is 45.1 Å². The van der Waals surface area contributed by atoms with Gasteiger partial charge in [0.1, 0.15) is 5.82 Å². The number of rotatable bonds is 7. The van der Waals surface area contributed by atoms with Gasteiger partial charge in [-0.3, -0.25) is 0 Å². The van der Waals surface area contributed by atoms with Crippen LogP contribution in [0.25, 0.3) is 0 Å². The van der Waals surface area contributed by atoms with Crippen LogP contribution in [0.4, 0.5) is 9.18 Å². The van der Waals surface area contributed by atoms with E-state index in [9.17, 15) is 9.18 Å². The highest BCUT2D eigenvalue weighted by atomic mass is 19.1. The molecule has 1 fully saturated rings. The normalized spacial score (nSPS) is 18.4. The van der Waals surface area contributed by atoms with E-state index in [1.165, 1.54) is 6.07 Å². The summed E-state index contributed by atoms with van der Waals surface area (Å²) in [5.41, 5.74) is -0.000523. The van der Waals surface area contributed by atoms with E-state index in [1.54, 1.807) is 12.1 Å². The number of aliphatic hydroxyl groups excluding tert-OH is 1. The zero-order valence-electron chi connectivity index (χ0n) is 13.3. The van der Waals surface area contributed by atoms with Gasteiger partial charge in [0.2, 0.25) is 0 Å². The molecule has 2 amide bonds. The summed E-state index contributed by atoms with van der Waals surface area (Å²) < 4.78 is 13.9. The Labute approximate surface area is 131 Å². The predicted molar refractivity (Wildman–Crippen MR) is 84.2 cm³/mol. The summed E-state index contributed by atoms with van der Waals surface area (Å²) in [7, 11) is 0. The largest absolute Gasteiger partial charge is 0.396 e. The van der Waals surface area contributed by atoms with Crippen LogP contribution in [0.3, 0.4) is 0 Å². The SMILES string of the molecule is CCC(C)(CCO)NC(=O)NCC1(c2ccccc2F)CC1. The van der Waals surface area contributed by atoms with Crippen molar-refractivity contribution in [3.8, 4) is 0 Å². The van der Waals surface area contributed by atoms with E-state index >= 15 is 0 Å². The fourth-order valence-corrected chi connectivity index (χ4v) is 2.73. The van der Waals surface area contributed by atoms with Gasteiger partial charge in [0.25, 0.3) is 0 Å². The van der Waals surface area contributed by atoms with Crippen LogP contribution in [0.5, 0.6) is 0 Å². The van der Waals surface area contributed by atoms with Gasteiger partial charge in [0.15, 0.2) is 0 Å². The van der Waals surface area contributed by atoms with Gasteiger partial charge < -0.3 is 15.7 Å². The lowest BCUT2D eigenvalue weighted by Crippen LogP contribution is -2.51. The maximum absolute atomic E-state index is 13.9. The Morgan fingerprint density at radius 1 is 1.41 bits per heavy atom. The van der Waals surface area contributed by atoms with Crippen molar-refractivity contribution in [2.24, 2.45) is 0 Å². The topological polar surface area (TPSA) is 61.4 Å². The summed E-state index contributed by atoms with van der Waals surface area (Å²) in [5.74, 6) is -0.208. The van der Waals surface area contributed by atoms with Gasteiger partial charge in [-0.25, -0.2) is 9.18 Å². The third-order valence-corrected chi connectivity index (χ3v) is 4.75. The number of aliphatic hydroxyl groups is 1. The molecule has 122 valence electrons. The van der Waals surface area contributed by atoms with Crippen LogP contribution < -0.4 is 10.6 Å². The number of carbonyl (C=O) groups is 1. The van der Waals surface area contributed by atoms with Gasteiger partial charge in [0.05, 0.1) is 0 Å². The fourth-order valence-electron chi connectivity index (χ4n) is 2.73. The summed E-state index contributed by atoms with van der Waals surface area (Å²) in [6.45, 7) is 4.34. The van der Waals surface area contributed by atoms with Crippen LogP contribution >= 0.6 is 0 Å². The number of nitrogens with one attached hydrogen (secondary N) is 2. The third kappa shape index (κ3) is 3.77. The number of hydrogen-bond donors (Lipinski definition) is 3. The van der Waals surface area contributed by atoms with Gasteiger partial charge in [-0.05, 0) is 44.2 Å². The van der Waals surface area contributed by atoms with Gasteiger partial charge in [0, 0.05) is 24.1 Å². The molecule has 2 rings (SSSR count). The van der Waals surface area contributed by atoms with E-state index in [0.29, 0.717) is 18.5 Å². The van der Waals surface area contributed by atoms with E-state index in [1.807, 2.05) is 19.9 Å². The lowest BCUT2D eigenvalue weighted by atomic mass is 9.94. The summed E-state index contributed by atoms with van der Waals surface area (Å²) in [5, 5.41) is 14.8. The van der Waals surface area contributed by atoms with Crippen LogP contribution in [0.15, 0.2) is 24.3 Å². The molecule has 0 heterocycles. The van der Waals surface area contributed by atoms with Crippen molar-refractivity contribution in [1.29, 1.82) is 0 Å². The molecule has 0 aromatic heterocycles. The average Bonchev–Trinajstić information content (AvgIpc) is 3.27. The zero-order chi connectivity index (χ0) is 16.2. The second-order valence-corrected chi connectivity index (χ2v) is 6.46. The van der Waals surface area contributed by atoms with Crippen molar-refractivity contribution in [1.82, 2.24) is 10.6 Å². The van der Waals surface area contributed by atoms with Crippen molar-refractivity contribution in [2.45, 2.75) is 50.5 Å². The molecule has 3 N–H and O–H groups in total. The molecule has 1 aliphatic rings. The standard InChI is InChI=1S/C17H25FN2O2/c1-3-16(2,10-11-21)20-15(22)19-12-17(8-9-17)13-6-4-5-7-14(13)18/h4-7,21H,3,8-12H2,1-2H3,(H2,19,20,22). The number of benzene rings is 1. The third-order valence-electron chi connectivity index (χ3n) is 4.75. The van der Waals surface area contributed by atoms with Crippen LogP contribution in [-0.2, 0) is 5.41 Å². The highest BCUT2D eigenvalue weighted by Gasteiger charge is 2.46. The monoisotopic (exact) mass is 308 g/mol. The minimum absolute atomic E-state index is 0.0315. The first-order valence-corrected chi connectivity index (χ1v) is 7.87. The Morgan fingerprint density at radius 2 is 2.09 bits per heavy atom. The van der Waals surface area contributed by atoms with Crippen molar-refractivity contribution in [3.05, 3.63) is 35.6 Å². The molecule has 0 saturated heterocycles. The van der Waals surface area contributed by atoms with Crippen molar-refractivity contribution in [2.75, 3.05) is 13.2 Å². The second kappa shape index (κ2) is 6.65. The molecule has 1 aliphatic carbocycles. The van der Waals surface area contributed by atoms with Crippen molar-refractivity contribution >= 4 is 6.03 Å². The average molecular weight is 308 g/mol. The van der Waals surface area contributed by atoms with Crippen LogP contribution in [-0.4, -0.2) is 29.8 Å². The minimum atomic E-state index is -0.423. The molecule has 1 unspecified atom stereocenters. The zero-order valence-corrected chi connectivity index (χ0v) is 13.3. The highest BCUT2D eigenvalue weighted by molar-refractivity contribution is 5.75. The molecule has 1 aromatic rings. The first-order valence-electron chi connectivity index (χ1n) is 7.87. The molecule has 1 atom stereocenters. The minimum Gasteiger partial charge on any atom is -0.396 e. The Bertz CT molecular complexity index is 531. The first-order chi connectivity index (χ1) is 10.4. The van der Waals surface area contributed by atoms with E-state index in [2.05, 4.69) is 10.6 Å². The highest BCUT2D eigenvalue weighted by Crippen LogP contribution is 2.48. The van der Waals surface area contributed by atoms with Crippen molar-refractivity contribution < 1.29 is 14.3 Å². The summed E-state index contributed by atoms with van der Waals surface area (Å²) >= 11 is 0. The molecule has 0 bridgehead atoms. The van der Waals surface area contributed by atoms with Crippen LogP contribution in [0.2, 0.25) is 0 Å². The van der Waals surface area contributed by atoms with Crippen molar-refractivity contribution in [3.63, 3.8) is 0 Å². The number of urea groups is 1. The number of halogens is 1. The van der Waals surface area contributed by atoms with Crippen LogP contribution in [0, 0.1) is 5.82 Å². The van der Waals surface area contributed by atoms with E-state index < -0.39 is 5.54 Å². The van der Waals surface area contributed by atoms with Gasteiger partial charge in [-0.1, -0.05) is 25.1 Å². The van der Waals surface area contributed by atoms with E-state index in [0.717, 1.165) is 19.3 Å². The molecule has 1 aromatic carbocycles. The molecule has 0 spiro atoms. The molecular formula is C17H25FN2O2. The van der Waals surface area contributed by atoms with E-state index in [4.69, 9.17) is 5.11 Å². The Morgan fingerprint density at radius 3 is 2.64 bits per heavy atom.